The summed E-state index contributed by atoms with van der Waals surface area (Å²) in [4.78, 5) is 13.2. The largest absolute Gasteiger partial charge is 0.497 e. The monoisotopic (exact) mass is 282 g/mol. The minimum absolute atomic E-state index is 0.118. The Balaban J connectivity index is 1.91. The molecule has 2 nitrogen and oxygen atoms in total. The van der Waals surface area contributed by atoms with Crippen molar-refractivity contribution in [3.05, 3.63) is 70.1 Å². The van der Waals surface area contributed by atoms with Crippen molar-refractivity contribution in [3.8, 4) is 5.75 Å². The van der Waals surface area contributed by atoms with Crippen molar-refractivity contribution in [1.82, 2.24) is 0 Å². The predicted molar refractivity (Wildman–Crippen MR) is 83.0 cm³/mol. The predicted octanol–water partition coefficient (Wildman–Crippen LogP) is 4.17. The molecule has 0 aromatic heterocycles. The topological polar surface area (TPSA) is 26.3 Å². The second-order valence-corrected chi connectivity index (χ2v) is 5.57. The maximum Gasteiger partial charge on any atom is 0.199 e. The van der Waals surface area contributed by atoms with E-state index in [1.54, 1.807) is 18.9 Å². The first-order valence-electron chi connectivity index (χ1n) is 6.39. The first-order valence-corrected chi connectivity index (χ1v) is 7.37. The Morgan fingerprint density at radius 1 is 1.10 bits per heavy atom. The van der Waals surface area contributed by atoms with Gasteiger partial charge in [0, 0.05) is 11.3 Å². The van der Waals surface area contributed by atoms with E-state index in [-0.39, 0.29) is 5.78 Å². The highest BCUT2D eigenvalue weighted by Crippen LogP contribution is 2.34. The van der Waals surface area contributed by atoms with Crippen molar-refractivity contribution in [1.29, 1.82) is 0 Å². The highest BCUT2D eigenvalue weighted by atomic mass is 32.2. The van der Waals surface area contributed by atoms with E-state index in [9.17, 15) is 4.79 Å². The summed E-state index contributed by atoms with van der Waals surface area (Å²) in [6, 6.07) is 15.5. The minimum atomic E-state index is 0.118. The van der Waals surface area contributed by atoms with Crippen molar-refractivity contribution in [3.63, 3.8) is 0 Å². The summed E-state index contributed by atoms with van der Waals surface area (Å²) in [6.07, 6.45) is 1.95. The van der Waals surface area contributed by atoms with Crippen molar-refractivity contribution in [2.75, 3.05) is 7.11 Å². The van der Waals surface area contributed by atoms with Gasteiger partial charge in [0.1, 0.15) is 5.75 Å². The van der Waals surface area contributed by atoms with Crippen molar-refractivity contribution < 1.29 is 9.53 Å². The SMILES string of the molecule is COc1ccc(/C=C2\SCc3ccccc3C2=O)cc1. The van der Waals surface area contributed by atoms with E-state index in [0.717, 1.165) is 33.1 Å². The van der Waals surface area contributed by atoms with Crippen LogP contribution in [-0.4, -0.2) is 12.9 Å². The van der Waals surface area contributed by atoms with Crippen LogP contribution >= 0.6 is 11.8 Å². The number of ether oxygens (including phenoxy) is 1. The van der Waals surface area contributed by atoms with E-state index < -0.39 is 0 Å². The molecule has 0 saturated carbocycles. The molecule has 0 bridgehead atoms. The first-order chi connectivity index (χ1) is 9.78. The number of benzene rings is 2. The first kappa shape index (κ1) is 13.0. The summed E-state index contributed by atoms with van der Waals surface area (Å²) < 4.78 is 5.13. The third-order valence-electron chi connectivity index (χ3n) is 3.28. The molecule has 0 saturated heterocycles. The lowest BCUT2D eigenvalue weighted by Crippen LogP contribution is -2.09. The molecule has 2 aromatic rings. The van der Waals surface area contributed by atoms with Gasteiger partial charge in [0.05, 0.1) is 12.0 Å². The number of Topliss-reactive ketones (excluding diaryl/α,β-unsaturated/α-hetero) is 1. The smallest absolute Gasteiger partial charge is 0.199 e. The highest BCUT2D eigenvalue weighted by molar-refractivity contribution is 8.03. The van der Waals surface area contributed by atoms with Crippen LogP contribution in [0.3, 0.4) is 0 Å². The van der Waals surface area contributed by atoms with Gasteiger partial charge in [0.25, 0.3) is 0 Å². The molecule has 0 spiro atoms. The van der Waals surface area contributed by atoms with E-state index in [0.29, 0.717) is 0 Å². The standard InChI is InChI=1S/C17H14O2S/c1-19-14-8-6-12(7-9-14)10-16-17(18)15-5-3-2-4-13(15)11-20-16/h2-10H,11H2,1H3/b16-10-. The Bertz CT molecular complexity index is 672. The normalized spacial score (nSPS) is 16.1. The molecule has 1 heterocycles. The average molecular weight is 282 g/mol. The van der Waals surface area contributed by atoms with Crippen LogP contribution in [0, 0.1) is 0 Å². The zero-order chi connectivity index (χ0) is 13.9. The summed E-state index contributed by atoms with van der Waals surface area (Å²) >= 11 is 1.60. The molecule has 1 aliphatic heterocycles. The number of allylic oxidation sites excluding steroid dienone is 1. The lowest BCUT2D eigenvalue weighted by molar-refractivity contribution is 0.104. The van der Waals surface area contributed by atoms with Gasteiger partial charge >= 0.3 is 0 Å². The molecular formula is C17H14O2S. The number of methoxy groups -OCH3 is 1. The second kappa shape index (κ2) is 5.55. The fourth-order valence-corrected chi connectivity index (χ4v) is 3.20. The van der Waals surface area contributed by atoms with E-state index in [1.165, 1.54) is 0 Å². The Labute approximate surface area is 122 Å². The Hall–Kier alpha value is -2.00. The molecule has 0 unspecified atom stereocenters. The van der Waals surface area contributed by atoms with E-state index >= 15 is 0 Å². The summed E-state index contributed by atoms with van der Waals surface area (Å²) in [5.74, 6) is 1.79. The molecule has 0 fully saturated rings. The van der Waals surface area contributed by atoms with Crippen LogP contribution in [0.5, 0.6) is 5.75 Å². The van der Waals surface area contributed by atoms with E-state index in [4.69, 9.17) is 4.74 Å². The third-order valence-corrected chi connectivity index (χ3v) is 4.35. The van der Waals surface area contributed by atoms with Gasteiger partial charge in [-0.3, -0.25) is 4.79 Å². The Kier molecular flexibility index (Phi) is 3.61. The molecule has 0 atom stereocenters. The van der Waals surface area contributed by atoms with Crippen LogP contribution in [0.2, 0.25) is 0 Å². The molecule has 3 heteroatoms. The van der Waals surface area contributed by atoms with E-state index in [2.05, 4.69) is 0 Å². The van der Waals surface area contributed by atoms with Gasteiger partial charge in [-0.25, -0.2) is 0 Å². The maximum atomic E-state index is 12.4. The van der Waals surface area contributed by atoms with Gasteiger partial charge in [-0.1, -0.05) is 36.4 Å². The van der Waals surface area contributed by atoms with Gasteiger partial charge in [0.2, 0.25) is 0 Å². The number of rotatable bonds is 2. The zero-order valence-electron chi connectivity index (χ0n) is 11.1. The highest BCUT2D eigenvalue weighted by Gasteiger charge is 2.21. The van der Waals surface area contributed by atoms with Crippen molar-refractivity contribution in [2.45, 2.75) is 5.75 Å². The van der Waals surface area contributed by atoms with Gasteiger partial charge in [0.15, 0.2) is 5.78 Å². The second-order valence-electron chi connectivity index (χ2n) is 4.56. The molecule has 0 aliphatic carbocycles. The molecule has 0 amide bonds. The molecule has 100 valence electrons. The fourth-order valence-electron chi connectivity index (χ4n) is 2.18. The summed E-state index contributed by atoms with van der Waals surface area (Å²) in [7, 11) is 1.64. The molecule has 20 heavy (non-hydrogen) atoms. The number of hydrogen-bond acceptors (Lipinski definition) is 3. The number of thioether (sulfide) groups is 1. The lowest BCUT2D eigenvalue weighted by Gasteiger charge is -2.16. The Morgan fingerprint density at radius 2 is 1.85 bits per heavy atom. The van der Waals surface area contributed by atoms with Crippen molar-refractivity contribution >= 4 is 23.6 Å². The summed E-state index contributed by atoms with van der Waals surface area (Å²) in [5, 5.41) is 0. The summed E-state index contributed by atoms with van der Waals surface area (Å²) in [6.45, 7) is 0. The number of fused-ring (bicyclic) bond motifs is 1. The lowest BCUT2D eigenvalue weighted by atomic mass is 10.0. The number of carbonyl (C=O) groups excluding carboxylic acids is 1. The van der Waals surface area contributed by atoms with Crippen LogP contribution in [0.15, 0.2) is 53.4 Å². The van der Waals surface area contributed by atoms with Crippen LogP contribution in [0.1, 0.15) is 21.5 Å². The molecule has 3 rings (SSSR count). The van der Waals surface area contributed by atoms with Gasteiger partial charge in [-0.15, -0.1) is 11.8 Å². The maximum absolute atomic E-state index is 12.4. The fraction of sp³-hybridized carbons (Fsp3) is 0.118. The number of hydrogen-bond donors (Lipinski definition) is 0. The van der Waals surface area contributed by atoms with Crippen LogP contribution in [0.25, 0.3) is 6.08 Å². The minimum Gasteiger partial charge on any atom is -0.497 e. The van der Waals surface area contributed by atoms with E-state index in [1.807, 2.05) is 54.6 Å². The van der Waals surface area contributed by atoms with Crippen molar-refractivity contribution in [2.24, 2.45) is 0 Å². The van der Waals surface area contributed by atoms with Crippen LogP contribution in [-0.2, 0) is 5.75 Å². The zero-order valence-corrected chi connectivity index (χ0v) is 11.9. The molecule has 0 radical (unpaired) electrons. The van der Waals surface area contributed by atoms with Crippen LogP contribution in [0.4, 0.5) is 0 Å². The van der Waals surface area contributed by atoms with Gasteiger partial charge in [-0.05, 0) is 29.3 Å². The molecular weight excluding hydrogens is 268 g/mol. The molecule has 2 aromatic carbocycles. The molecule has 1 aliphatic rings. The molecule has 0 N–H and O–H groups in total. The Morgan fingerprint density at radius 3 is 2.60 bits per heavy atom. The van der Waals surface area contributed by atoms with Crippen LogP contribution < -0.4 is 4.74 Å². The number of carbonyl (C=O) groups is 1. The summed E-state index contributed by atoms with van der Waals surface area (Å²) in [5.41, 5.74) is 2.96. The van der Waals surface area contributed by atoms with Gasteiger partial charge in [-0.2, -0.15) is 0 Å². The number of ketones is 1. The quantitative estimate of drug-likeness (QED) is 0.773. The third kappa shape index (κ3) is 2.49. The van der Waals surface area contributed by atoms with Gasteiger partial charge < -0.3 is 4.74 Å². The average Bonchev–Trinajstić information content (AvgIpc) is 2.51.